The van der Waals surface area contributed by atoms with E-state index in [4.69, 9.17) is 5.26 Å². The van der Waals surface area contributed by atoms with Crippen molar-refractivity contribution in [1.82, 2.24) is 15.1 Å². The lowest BCUT2D eigenvalue weighted by Gasteiger charge is -2.41. The van der Waals surface area contributed by atoms with Gasteiger partial charge in [0.2, 0.25) is 0 Å². The maximum absolute atomic E-state index is 9.75. The Morgan fingerprint density at radius 1 is 0.923 bits per heavy atom. The zero-order valence-electron chi connectivity index (χ0n) is 18.6. The quantitative estimate of drug-likeness (QED) is 0.589. The monoisotopic (exact) mass is 368 g/mol. The number of likely N-dealkylation sites (tertiary alicyclic amines) is 2. The molecule has 2 fully saturated rings. The van der Waals surface area contributed by atoms with Gasteiger partial charge in [-0.05, 0) is 80.3 Å². The fourth-order valence-corrected chi connectivity index (χ4v) is 3.66. The topological polar surface area (TPSA) is 62.5 Å². The minimum Gasteiger partial charge on any atom is -0.389 e. The number of nitrogens with zero attached hydrogens (tertiary/aromatic N) is 3. The first kappa shape index (κ1) is 25.2. The number of hydrogen-bond donors (Lipinski definition) is 2. The van der Waals surface area contributed by atoms with Gasteiger partial charge in [0, 0.05) is 25.2 Å². The molecule has 0 aromatic heterocycles. The van der Waals surface area contributed by atoms with Crippen LogP contribution < -0.4 is 5.32 Å². The van der Waals surface area contributed by atoms with Crippen molar-refractivity contribution < 1.29 is 5.11 Å². The second-order valence-corrected chi connectivity index (χ2v) is 8.63. The zero-order chi connectivity index (χ0) is 20.4. The lowest BCUT2D eigenvalue weighted by atomic mass is 9.90. The summed E-state index contributed by atoms with van der Waals surface area (Å²) >= 11 is 0. The van der Waals surface area contributed by atoms with Crippen LogP contribution in [0, 0.1) is 11.5 Å². The first-order chi connectivity index (χ1) is 12.1. The molecule has 0 aromatic rings. The van der Waals surface area contributed by atoms with Gasteiger partial charge < -0.3 is 10.4 Å². The molecule has 2 heterocycles. The third kappa shape index (κ3) is 9.21. The SMILES string of the molecule is CC.CC(C)N1CCCC(C)(NC#N)C1.CC(C)N1CCCC(C)(O)C1. The highest BCUT2D eigenvalue weighted by Gasteiger charge is 2.31. The Morgan fingerprint density at radius 3 is 1.77 bits per heavy atom. The number of nitrogens with one attached hydrogen (secondary N) is 1. The van der Waals surface area contributed by atoms with Gasteiger partial charge in [-0.1, -0.05) is 13.8 Å². The Kier molecular flexibility index (Phi) is 11.4. The van der Waals surface area contributed by atoms with Crippen molar-refractivity contribution in [3.63, 3.8) is 0 Å². The maximum Gasteiger partial charge on any atom is 0.177 e. The number of β-amino-alcohol motifs (C(OH)–C–C–N with tert-alkyl or cyclic N) is 1. The van der Waals surface area contributed by atoms with Crippen molar-refractivity contribution in [1.29, 1.82) is 5.26 Å². The van der Waals surface area contributed by atoms with Crippen molar-refractivity contribution >= 4 is 0 Å². The Morgan fingerprint density at radius 2 is 1.38 bits per heavy atom. The van der Waals surface area contributed by atoms with Gasteiger partial charge >= 0.3 is 0 Å². The van der Waals surface area contributed by atoms with E-state index in [9.17, 15) is 5.11 Å². The minimum absolute atomic E-state index is 0.00271. The maximum atomic E-state index is 9.75. The molecule has 2 rings (SSSR count). The fourth-order valence-electron chi connectivity index (χ4n) is 3.66. The third-order valence-electron chi connectivity index (χ3n) is 5.25. The van der Waals surface area contributed by atoms with E-state index in [1.807, 2.05) is 20.8 Å². The minimum atomic E-state index is -0.442. The summed E-state index contributed by atoms with van der Waals surface area (Å²) in [5, 5.41) is 21.3. The van der Waals surface area contributed by atoms with Gasteiger partial charge in [0.25, 0.3) is 0 Å². The van der Waals surface area contributed by atoms with Crippen LogP contribution >= 0.6 is 0 Å². The van der Waals surface area contributed by atoms with E-state index in [1.165, 1.54) is 13.0 Å². The third-order valence-corrected chi connectivity index (χ3v) is 5.25. The normalized spacial score (nSPS) is 29.9. The van der Waals surface area contributed by atoms with Crippen molar-refractivity contribution in [2.24, 2.45) is 0 Å². The standard InChI is InChI=1S/C10H19N3.C9H19NO.C2H6/c1-9(2)13-6-4-5-10(3,7-13)12-8-11;1-8(2)10-6-4-5-9(3,11)7-10;1-2/h9,12H,4-7H2,1-3H3;8,11H,4-7H2,1-3H3;1-2H3. The molecule has 5 heteroatoms. The number of rotatable bonds is 3. The fraction of sp³-hybridized carbons (Fsp3) is 0.952. The van der Waals surface area contributed by atoms with Gasteiger partial charge in [-0.25, -0.2) is 0 Å². The molecule has 5 nitrogen and oxygen atoms in total. The summed E-state index contributed by atoms with van der Waals surface area (Å²) in [7, 11) is 0. The van der Waals surface area contributed by atoms with E-state index in [0.717, 1.165) is 38.9 Å². The summed E-state index contributed by atoms with van der Waals surface area (Å²) < 4.78 is 0. The van der Waals surface area contributed by atoms with E-state index in [0.29, 0.717) is 12.1 Å². The highest BCUT2D eigenvalue weighted by molar-refractivity contribution is 4.95. The molecule has 2 N–H and O–H groups in total. The lowest BCUT2D eigenvalue weighted by Crippen LogP contribution is -2.55. The number of piperidine rings is 2. The number of nitriles is 1. The molecule has 2 aliphatic heterocycles. The molecule has 2 unspecified atom stereocenters. The van der Waals surface area contributed by atoms with Crippen LogP contribution in [0.3, 0.4) is 0 Å². The molecule has 2 atom stereocenters. The molecule has 154 valence electrons. The second kappa shape index (κ2) is 11.8. The molecular weight excluding hydrogens is 324 g/mol. The van der Waals surface area contributed by atoms with Crippen LogP contribution in [0.25, 0.3) is 0 Å². The van der Waals surface area contributed by atoms with Crippen LogP contribution in [0.4, 0.5) is 0 Å². The lowest BCUT2D eigenvalue weighted by molar-refractivity contribution is -0.0252. The highest BCUT2D eigenvalue weighted by Crippen LogP contribution is 2.22. The number of aliphatic hydroxyl groups is 1. The van der Waals surface area contributed by atoms with Crippen LogP contribution in [0.15, 0.2) is 0 Å². The van der Waals surface area contributed by atoms with Crippen LogP contribution in [-0.4, -0.2) is 64.3 Å². The molecule has 0 amide bonds. The van der Waals surface area contributed by atoms with Crippen LogP contribution in [0.1, 0.15) is 81.1 Å². The predicted molar refractivity (Wildman–Crippen MR) is 111 cm³/mol. The van der Waals surface area contributed by atoms with Gasteiger partial charge in [-0.3, -0.25) is 9.80 Å². The molecule has 0 aromatic carbocycles. The molecule has 26 heavy (non-hydrogen) atoms. The summed E-state index contributed by atoms with van der Waals surface area (Å²) in [4.78, 5) is 4.76. The van der Waals surface area contributed by atoms with E-state index < -0.39 is 5.60 Å². The summed E-state index contributed by atoms with van der Waals surface area (Å²) in [6.07, 6.45) is 6.43. The predicted octanol–water partition coefficient (Wildman–Crippen LogP) is 3.59. The zero-order valence-corrected chi connectivity index (χ0v) is 18.6. The smallest absolute Gasteiger partial charge is 0.177 e. The first-order valence-corrected chi connectivity index (χ1v) is 10.5. The Hall–Kier alpha value is -0.830. The molecule has 0 radical (unpaired) electrons. The Balaban J connectivity index is 0.000000444. The molecule has 0 spiro atoms. The summed E-state index contributed by atoms with van der Waals surface area (Å²) in [5.41, 5.74) is -0.445. The van der Waals surface area contributed by atoms with Gasteiger partial charge in [0.15, 0.2) is 6.19 Å². The van der Waals surface area contributed by atoms with Crippen LogP contribution in [-0.2, 0) is 0 Å². The average molecular weight is 369 g/mol. The van der Waals surface area contributed by atoms with Crippen molar-refractivity contribution in [2.75, 3.05) is 26.2 Å². The van der Waals surface area contributed by atoms with E-state index >= 15 is 0 Å². The molecular formula is C21H44N4O. The van der Waals surface area contributed by atoms with E-state index in [1.54, 1.807) is 0 Å². The van der Waals surface area contributed by atoms with Crippen LogP contribution in [0.2, 0.25) is 0 Å². The van der Waals surface area contributed by atoms with Gasteiger partial charge in [0.1, 0.15) is 0 Å². The molecule has 2 saturated heterocycles. The highest BCUT2D eigenvalue weighted by atomic mass is 16.3. The summed E-state index contributed by atoms with van der Waals surface area (Å²) in [6, 6.07) is 1.15. The van der Waals surface area contributed by atoms with Gasteiger partial charge in [-0.2, -0.15) is 5.26 Å². The molecule has 0 bridgehead atoms. The molecule has 0 aliphatic carbocycles. The second-order valence-electron chi connectivity index (χ2n) is 8.63. The Labute approximate surface area is 162 Å². The Bertz CT molecular complexity index is 417. The van der Waals surface area contributed by atoms with Crippen LogP contribution in [0.5, 0.6) is 0 Å². The van der Waals surface area contributed by atoms with Crippen molar-refractivity contribution in [2.45, 2.75) is 104 Å². The van der Waals surface area contributed by atoms with E-state index in [-0.39, 0.29) is 5.54 Å². The van der Waals surface area contributed by atoms with Crippen molar-refractivity contribution in [3.8, 4) is 6.19 Å². The van der Waals surface area contributed by atoms with Crippen molar-refractivity contribution in [3.05, 3.63) is 0 Å². The first-order valence-electron chi connectivity index (χ1n) is 10.5. The van der Waals surface area contributed by atoms with Gasteiger partial charge in [0.05, 0.1) is 11.1 Å². The summed E-state index contributed by atoms with van der Waals surface area (Å²) in [6.45, 7) is 21.0. The summed E-state index contributed by atoms with van der Waals surface area (Å²) in [5.74, 6) is 0. The van der Waals surface area contributed by atoms with E-state index in [2.05, 4.69) is 55.9 Å². The average Bonchev–Trinajstić information content (AvgIpc) is 2.56. The molecule has 2 aliphatic rings. The molecule has 0 saturated carbocycles. The largest absolute Gasteiger partial charge is 0.389 e. The number of hydrogen-bond acceptors (Lipinski definition) is 5. The van der Waals surface area contributed by atoms with Gasteiger partial charge in [-0.15, -0.1) is 0 Å².